The van der Waals surface area contributed by atoms with Gasteiger partial charge in [-0.3, -0.25) is 4.79 Å². The van der Waals surface area contributed by atoms with E-state index < -0.39 is 5.91 Å². The average molecular weight is 511 g/mol. The van der Waals surface area contributed by atoms with Crippen LogP contribution in [0.15, 0.2) is 95.1 Å². The maximum absolute atomic E-state index is 13.3. The Hall–Kier alpha value is -5.73. The van der Waals surface area contributed by atoms with Crippen molar-refractivity contribution in [3.63, 3.8) is 0 Å². The van der Waals surface area contributed by atoms with Crippen LogP contribution in [0.4, 0.5) is 5.82 Å². The predicted molar refractivity (Wildman–Crippen MR) is 147 cm³/mol. The number of nitrogens with zero attached hydrogens (tertiary/aromatic N) is 5. The number of benzene rings is 2. The first-order chi connectivity index (χ1) is 19.0. The van der Waals surface area contributed by atoms with Gasteiger partial charge in [-0.1, -0.05) is 48.5 Å². The van der Waals surface area contributed by atoms with Gasteiger partial charge in [0.2, 0.25) is 0 Å². The first-order valence-corrected chi connectivity index (χ1v) is 12.1. The Kier molecular flexibility index (Phi) is 6.85. The van der Waals surface area contributed by atoms with Gasteiger partial charge in [-0.25, -0.2) is 9.67 Å². The van der Waals surface area contributed by atoms with Gasteiger partial charge < -0.3 is 9.73 Å². The van der Waals surface area contributed by atoms with Crippen molar-refractivity contribution in [3.8, 4) is 40.4 Å². The zero-order valence-electron chi connectivity index (χ0n) is 21.2. The van der Waals surface area contributed by atoms with Gasteiger partial charge in [0.1, 0.15) is 29.0 Å². The van der Waals surface area contributed by atoms with Crippen molar-refractivity contribution >= 4 is 17.8 Å². The lowest BCUT2D eigenvalue weighted by Crippen LogP contribution is -2.17. The van der Waals surface area contributed by atoms with Gasteiger partial charge in [-0.15, -0.1) is 0 Å². The normalized spacial score (nSPS) is 11.0. The van der Waals surface area contributed by atoms with Crippen LogP contribution in [0.2, 0.25) is 0 Å². The van der Waals surface area contributed by atoms with Crippen molar-refractivity contribution < 1.29 is 9.21 Å². The Labute approximate surface area is 225 Å². The standard InChI is InChI=1S/C31H22N6O2/c1-20-21(2)34-30(26(19-33)29(20)28-14-9-15-39-28)35-31(38)23(18-32)16-25-17-27(22-10-5-3-6-11-22)36-37(25)24-12-7-4-8-13-24/h3-17H,1-2H3,(H,34,35,38)/b23-16-. The molecule has 3 heterocycles. The second kappa shape index (κ2) is 10.7. The molecule has 39 heavy (non-hydrogen) atoms. The number of nitriles is 2. The largest absolute Gasteiger partial charge is 0.464 e. The quantitative estimate of drug-likeness (QED) is 0.214. The number of furan rings is 1. The Balaban J connectivity index is 1.56. The minimum absolute atomic E-state index is 0.0553. The van der Waals surface area contributed by atoms with Crippen molar-refractivity contribution in [2.45, 2.75) is 13.8 Å². The first kappa shape index (κ1) is 24.9. The van der Waals surface area contributed by atoms with Crippen LogP contribution in [-0.4, -0.2) is 20.7 Å². The molecule has 0 saturated heterocycles. The highest BCUT2D eigenvalue weighted by molar-refractivity contribution is 6.10. The zero-order valence-corrected chi connectivity index (χ0v) is 21.2. The molecule has 0 unspecified atom stereocenters. The third-order valence-electron chi connectivity index (χ3n) is 6.26. The Morgan fingerprint density at radius 3 is 2.36 bits per heavy atom. The highest BCUT2D eigenvalue weighted by Gasteiger charge is 2.22. The second-order valence-electron chi connectivity index (χ2n) is 8.70. The molecule has 0 radical (unpaired) electrons. The topological polar surface area (TPSA) is 121 Å². The third kappa shape index (κ3) is 4.95. The van der Waals surface area contributed by atoms with Crippen LogP contribution in [0.5, 0.6) is 0 Å². The predicted octanol–water partition coefficient (Wildman–Crippen LogP) is 6.23. The molecule has 2 aromatic carbocycles. The van der Waals surface area contributed by atoms with Gasteiger partial charge in [0.25, 0.3) is 5.91 Å². The lowest BCUT2D eigenvalue weighted by atomic mass is 10.00. The summed E-state index contributed by atoms with van der Waals surface area (Å²) in [5.41, 5.74) is 4.80. The fourth-order valence-electron chi connectivity index (χ4n) is 4.22. The van der Waals surface area contributed by atoms with Gasteiger partial charge in [0, 0.05) is 16.8 Å². The molecule has 0 atom stereocenters. The molecule has 0 spiro atoms. The van der Waals surface area contributed by atoms with Crippen LogP contribution in [0, 0.1) is 36.5 Å². The summed E-state index contributed by atoms with van der Waals surface area (Å²) in [5.74, 6) is -0.154. The van der Waals surface area contributed by atoms with Crippen LogP contribution in [0.3, 0.4) is 0 Å². The molecular weight excluding hydrogens is 488 g/mol. The van der Waals surface area contributed by atoms with Crippen LogP contribution >= 0.6 is 0 Å². The molecule has 0 aliphatic carbocycles. The van der Waals surface area contributed by atoms with Crippen LogP contribution in [0.25, 0.3) is 34.3 Å². The summed E-state index contributed by atoms with van der Waals surface area (Å²) < 4.78 is 7.21. The molecule has 8 heteroatoms. The van der Waals surface area contributed by atoms with E-state index in [2.05, 4.69) is 16.4 Å². The number of carbonyl (C=O) groups excluding carboxylic acids is 1. The number of hydrogen-bond donors (Lipinski definition) is 1. The van der Waals surface area contributed by atoms with Crippen molar-refractivity contribution in [3.05, 3.63) is 113 Å². The van der Waals surface area contributed by atoms with Crippen molar-refractivity contribution in [2.24, 2.45) is 0 Å². The monoisotopic (exact) mass is 510 g/mol. The van der Waals surface area contributed by atoms with E-state index in [4.69, 9.17) is 9.52 Å². The van der Waals surface area contributed by atoms with E-state index in [1.165, 1.54) is 12.3 Å². The molecule has 5 aromatic rings. The summed E-state index contributed by atoms with van der Waals surface area (Å²) >= 11 is 0. The van der Waals surface area contributed by atoms with E-state index in [1.807, 2.05) is 79.7 Å². The maximum Gasteiger partial charge on any atom is 0.267 e. The van der Waals surface area contributed by atoms with Gasteiger partial charge in [0.15, 0.2) is 5.82 Å². The summed E-state index contributed by atoms with van der Waals surface area (Å²) in [6.45, 7) is 3.62. The Bertz CT molecular complexity index is 1770. The Morgan fingerprint density at radius 1 is 1.00 bits per heavy atom. The summed E-state index contributed by atoms with van der Waals surface area (Å²) in [6.07, 6.45) is 2.99. The first-order valence-electron chi connectivity index (χ1n) is 12.1. The van der Waals surface area contributed by atoms with Crippen LogP contribution in [-0.2, 0) is 4.79 Å². The number of nitrogens with one attached hydrogen (secondary N) is 1. The summed E-state index contributed by atoms with van der Waals surface area (Å²) in [4.78, 5) is 17.8. The molecule has 0 aliphatic rings. The molecule has 0 aliphatic heterocycles. The van der Waals surface area contributed by atoms with Gasteiger partial charge in [-0.2, -0.15) is 15.6 Å². The summed E-state index contributed by atoms with van der Waals surface area (Å²) in [5, 5.41) is 27.3. The molecule has 1 N–H and O–H groups in total. The van der Waals surface area contributed by atoms with Gasteiger partial charge >= 0.3 is 0 Å². The van der Waals surface area contributed by atoms with Gasteiger partial charge in [0.05, 0.1) is 23.3 Å². The molecule has 0 fully saturated rings. The van der Waals surface area contributed by atoms with Crippen molar-refractivity contribution in [1.82, 2.24) is 14.8 Å². The van der Waals surface area contributed by atoms with E-state index in [-0.39, 0.29) is 17.0 Å². The zero-order chi connectivity index (χ0) is 27.4. The smallest absolute Gasteiger partial charge is 0.267 e. The number of carbonyl (C=O) groups is 1. The lowest BCUT2D eigenvalue weighted by Gasteiger charge is -2.13. The number of anilines is 1. The van der Waals surface area contributed by atoms with Crippen molar-refractivity contribution in [2.75, 3.05) is 5.32 Å². The minimum atomic E-state index is -0.697. The minimum Gasteiger partial charge on any atom is -0.464 e. The molecule has 0 bridgehead atoms. The maximum atomic E-state index is 13.3. The van der Waals surface area contributed by atoms with E-state index in [0.29, 0.717) is 28.4 Å². The van der Waals surface area contributed by atoms with Crippen LogP contribution in [0.1, 0.15) is 22.5 Å². The van der Waals surface area contributed by atoms with E-state index in [1.54, 1.807) is 23.7 Å². The number of rotatable bonds is 6. The summed E-state index contributed by atoms with van der Waals surface area (Å²) in [6, 6.07) is 28.5. The van der Waals surface area contributed by atoms with E-state index >= 15 is 0 Å². The number of aryl methyl sites for hydroxylation is 1. The number of hydrogen-bond acceptors (Lipinski definition) is 6. The Morgan fingerprint density at radius 2 is 1.72 bits per heavy atom. The van der Waals surface area contributed by atoms with Crippen molar-refractivity contribution in [1.29, 1.82) is 10.5 Å². The number of amides is 1. The van der Waals surface area contributed by atoms with Crippen LogP contribution < -0.4 is 5.32 Å². The second-order valence-corrected chi connectivity index (χ2v) is 8.70. The number of aromatic nitrogens is 3. The average Bonchev–Trinajstić information content (AvgIpc) is 3.65. The fourth-order valence-corrected chi connectivity index (χ4v) is 4.22. The molecule has 188 valence electrons. The highest BCUT2D eigenvalue weighted by atomic mass is 16.3. The highest BCUT2D eigenvalue weighted by Crippen LogP contribution is 2.33. The van der Waals surface area contributed by atoms with E-state index in [0.717, 1.165) is 16.8 Å². The fraction of sp³-hybridized carbons (Fsp3) is 0.0645. The SMILES string of the molecule is Cc1nc(NC(=O)/C(C#N)=C\c2cc(-c3ccccc3)nn2-c2ccccc2)c(C#N)c(-c2ccco2)c1C. The molecule has 0 saturated carbocycles. The van der Waals surface area contributed by atoms with E-state index in [9.17, 15) is 15.3 Å². The molecular formula is C31H22N6O2. The molecule has 3 aromatic heterocycles. The number of para-hydroxylation sites is 1. The molecule has 8 nitrogen and oxygen atoms in total. The summed E-state index contributed by atoms with van der Waals surface area (Å²) in [7, 11) is 0. The lowest BCUT2D eigenvalue weighted by molar-refractivity contribution is -0.112. The molecule has 1 amide bonds. The molecule has 5 rings (SSSR count). The third-order valence-corrected chi connectivity index (χ3v) is 6.26. The number of pyridine rings is 1. The van der Waals surface area contributed by atoms with Gasteiger partial charge in [-0.05, 0) is 55.8 Å².